The van der Waals surface area contributed by atoms with Gasteiger partial charge in [0.2, 0.25) is 5.91 Å². The first kappa shape index (κ1) is 16.3. The SMILES string of the molecule is CC1CCCCN1C(=O)CNc1cccc(C(=O)N(C)C)c1. The quantitative estimate of drug-likeness (QED) is 0.928. The van der Waals surface area contributed by atoms with E-state index in [0.29, 0.717) is 11.6 Å². The average Bonchev–Trinajstić information content (AvgIpc) is 2.52. The Hall–Kier alpha value is -2.04. The van der Waals surface area contributed by atoms with E-state index in [2.05, 4.69) is 12.2 Å². The van der Waals surface area contributed by atoms with E-state index < -0.39 is 0 Å². The number of rotatable bonds is 4. The third-order valence-corrected chi connectivity index (χ3v) is 4.08. The zero-order chi connectivity index (χ0) is 16.1. The molecule has 0 aliphatic carbocycles. The first-order valence-electron chi connectivity index (χ1n) is 7.84. The first-order valence-corrected chi connectivity index (χ1v) is 7.84. The van der Waals surface area contributed by atoms with Gasteiger partial charge in [-0.15, -0.1) is 0 Å². The van der Waals surface area contributed by atoms with Gasteiger partial charge in [0, 0.05) is 37.9 Å². The zero-order valence-electron chi connectivity index (χ0n) is 13.6. The van der Waals surface area contributed by atoms with E-state index in [1.54, 1.807) is 31.1 Å². The van der Waals surface area contributed by atoms with Crippen LogP contribution in [-0.2, 0) is 4.79 Å². The van der Waals surface area contributed by atoms with Crippen molar-refractivity contribution < 1.29 is 9.59 Å². The number of hydrogen-bond acceptors (Lipinski definition) is 3. The van der Waals surface area contributed by atoms with E-state index in [0.717, 1.165) is 25.1 Å². The van der Waals surface area contributed by atoms with E-state index in [4.69, 9.17) is 0 Å². The van der Waals surface area contributed by atoms with Crippen LogP contribution in [0.1, 0.15) is 36.5 Å². The van der Waals surface area contributed by atoms with Gasteiger partial charge in [-0.05, 0) is 44.4 Å². The van der Waals surface area contributed by atoms with Crippen LogP contribution in [0.3, 0.4) is 0 Å². The Labute approximate surface area is 132 Å². The fourth-order valence-corrected chi connectivity index (χ4v) is 2.77. The largest absolute Gasteiger partial charge is 0.376 e. The van der Waals surface area contributed by atoms with Gasteiger partial charge in [0.1, 0.15) is 0 Å². The minimum Gasteiger partial charge on any atom is -0.376 e. The molecular formula is C17H25N3O2. The highest BCUT2D eigenvalue weighted by atomic mass is 16.2. The second-order valence-electron chi connectivity index (χ2n) is 6.07. The average molecular weight is 303 g/mol. The highest BCUT2D eigenvalue weighted by molar-refractivity contribution is 5.95. The summed E-state index contributed by atoms with van der Waals surface area (Å²) >= 11 is 0. The van der Waals surface area contributed by atoms with Crippen molar-refractivity contribution in [1.82, 2.24) is 9.80 Å². The lowest BCUT2D eigenvalue weighted by Gasteiger charge is -2.33. The lowest BCUT2D eigenvalue weighted by atomic mass is 10.0. The van der Waals surface area contributed by atoms with Crippen LogP contribution < -0.4 is 5.32 Å². The molecule has 0 bridgehead atoms. The van der Waals surface area contributed by atoms with Gasteiger partial charge in [0.05, 0.1) is 6.54 Å². The maximum Gasteiger partial charge on any atom is 0.253 e. The normalized spacial score (nSPS) is 18.0. The van der Waals surface area contributed by atoms with Crippen LogP contribution in [0.2, 0.25) is 0 Å². The number of amides is 2. The van der Waals surface area contributed by atoms with E-state index in [9.17, 15) is 9.59 Å². The van der Waals surface area contributed by atoms with Gasteiger partial charge in [-0.2, -0.15) is 0 Å². The summed E-state index contributed by atoms with van der Waals surface area (Å²) < 4.78 is 0. The number of nitrogens with one attached hydrogen (secondary N) is 1. The van der Waals surface area contributed by atoms with Crippen molar-refractivity contribution in [2.75, 3.05) is 32.5 Å². The highest BCUT2D eigenvalue weighted by Crippen LogP contribution is 2.17. The molecule has 0 radical (unpaired) electrons. The molecule has 1 heterocycles. The van der Waals surface area contributed by atoms with Crippen LogP contribution >= 0.6 is 0 Å². The Morgan fingerprint density at radius 3 is 2.77 bits per heavy atom. The van der Waals surface area contributed by atoms with Crippen LogP contribution in [0.5, 0.6) is 0 Å². The van der Waals surface area contributed by atoms with Gasteiger partial charge < -0.3 is 15.1 Å². The molecule has 120 valence electrons. The van der Waals surface area contributed by atoms with Crippen molar-refractivity contribution in [2.24, 2.45) is 0 Å². The summed E-state index contributed by atoms with van der Waals surface area (Å²) in [4.78, 5) is 27.7. The number of carbonyl (C=O) groups excluding carboxylic acids is 2. The molecule has 1 aliphatic rings. The van der Waals surface area contributed by atoms with Gasteiger partial charge in [0.15, 0.2) is 0 Å². The molecule has 22 heavy (non-hydrogen) atoms. The monoisotopic (exact) mass is 303 g/mol. The number of nitrogens with zero attached hydrogens (tertiary/aromatic N) is 2. The second kappa shape index (κ2) is 7.29. The van der Waals surface area contributed by atoms with Crippen molar-refractivity contribution in [2.45, 2.75) is 32.2 Å². The smallest absolute Gasteiger partial charge is 0.253 e. The summed E-state index contributed by atoms with van der Waals surface area (Å²) in [6, 6.07) is 7.59. The molecule has 1 atom stereocenters. The minimum atomic E-state index is -0.0420. The Bertz CT molecular complexity index is 542. The third-order valence-electron chi connectivity index (χ3n) is 4.08. The van der Waals surface area contributed by atoms with Gasteiger partial charge >= 0.3 is 0 Å². The number of anilines is 1. The standard InChI is InChI=1S/C17H25N3O2/c1-13-7-4-5-10-20(13)16(21)12-18-15-9-6-8-14(11-15)17(22)19(2)3/h6,8-9,11,13,18H,4-5,7,10,12H2,1-3H3. The summed E-state index contributed by atoms with van der Waals surface area (Å²) in [7, 11) is 3.45. The van der Waals surface area contributed by atoms with Crippen LogP contribution in [0.4, 0.5) is 5.69 Å². The van der Waals surface area contributed by atoms with E-state index >= 15 is 0 Å². The fourth-order valence-electron chi connectivity index (χ4n) is 2.77. The molecule has 2 amide bonds. The van der Waals surface area contributed by atoms with Crippen LogP contribution in [0.15, 0.2) is 24.3 Å². The minimum absolute atomic E-state index is 0.0420. The van der Waals surface area contributed by atoms with Crippen molar-refractivity contribution in [1.29, 1.82) is 0 Å². The fraction of sp³-hybridized carbons (Fsp3) is 0.529. The van der Waals surface area contributed by atoms with E-state index in [1.807, 2.05) is 17.0 Å². The van der Waals surface area contributed by atoms with Crippen LogP contribution in [0, 0.1) is 0 Å². The topological polar surface area (TPSA) is 52.7 Å². The molecule has 2 rings (SSSR count). The Morgan fingerprint density at radius 1 is 1.32 bits per heavy atom. The first-order chi connectivity index (χ1) is 10.5. The summed E-state index contributed by atoms with van der Waals surface area (Å²) in [5.41, 5.74) is 1.42. The molecule has 1 unspecified atom stereocenters. The molecule has 0 spiro atoms. The van der Waals surface area contributed by atoms with Crippen LogP contribution in [-0.4, -0.2) is 54.8 Å². The lowest BCUT2D eigenvalue weighted by molar-refractivity contribution is -0.132. The summed E-state index contributed by atoms with van der Waals surface area (Å²) in [5, 5.41) is 3.13. The molecule has 0 saturated carbocycles. The Kier molecular flexibility index (Phi) is 5.41. The Balaban J connectivity index is 1.95. The molecule has 1 N–H and O–H groups in total. The lowest BCUT2D eigenvalue weighted by Crippen LogP contribution is -2.44. The van der Waals surface area contributed by atoms with Gasteiger partial charge in [-0.3, -0.25) is 9.59 Å². The maximum absolute atomic E-state index is 12.3. The molecule has 1 aromatic carbocycles. The zero-order valence-corrected chi connectivity index (χ0v) is 13.6. The number of benzene rings is 1. The van der Waals surface area contributed by atoms with Crippen molar-refractivity contribution >= 4 is 17.5 Å². The van der Waals surface area contributed by atoms with Gasteiger partial charge in [-0.1, -0.05) is 6.07 Å². The number of piperidine rings is 1. The predicted molar refractivity (Wildman–Crippen MR) is 88.0 cm³/mol. The summed E-state index contributed by atoms with van der Waals surface area (Å²) in [6.45, 7) is 3.22. The molecule has 5 heteroatoms. The molecule has 5 nitrogen and oxygen atoms in total. The maximum atomic E-state index is 12.3. The van der Waals surface area contributed by atoms with Crippen molar-refractivity contribution in [3.63, 3.8) is 0 Å². The van der Waals surface area contributed by atoms with E-state index in [-0.39, 0.29) is 18.4 Å². The van der Waals surface area contributed by atoms with Crippen molar-refractivity contribution in [3.05, 3.63) is 29.8 Å². The third kappa shape index (κ3) is 4.00. The molecule has 1 fully saturated rings. The van der Waals surface area contributed by atoms with E-state index in [1.165, 1.54) is 6.42 Å². The molecule has 1 aromatic rings. The highest BCUT2D eigenvalue weighted by Gasteiger charge is 2.22. The summed E-state index contributed by atoms with van der Waals surface area (Å²) in [5.74, 6) is 0.0798. The predicted octanol–water partition coefficient (Wildman–Crippen LogP) is 2.20. The Morgan fingerprint density at radius 2 is 2.09 bits per heavy atom. The number of carbonyl (C=O) groups is 2. The van der Waals surface area contributed by atoms with Crippen LogP contribution in [0.25, 0.3) is 0 Å². The molecule has 1 aliphatic heterocycles. The second-order valence-corrected chi connectivity index (χ2v) is 6.07. The molecular weight excluding hydrogens is 278 g/mol. The summed E-state index contributed by atoms with van der Waals surface area (Å²) in [6.07, 6.45) is 3.37. The molecule has 1 saturated heterocycles. The van der Waals surface area contributed by atoms with Gasteiger partial charge in [-0.25, -0.2) is 0 Å². The van der Waals surface area contributed by atoms with Gasteiger partial charge in [0.25, 0.3) is 5.91 Å². The number of hydrogen-bond donors (Lipinski definition) is 1. The van der Waals surface area contributed by atoms with Crippen molar-refractivity contribution in [3.8, 4) is 0 Å². The number of likely N-dealkylation sites (tertiary alicyclic amines) is 1. The molecule has 0 aromatic heterocycles.